The number of anilines is 1. The van der Waals surface area contributed by atoms with E-state index in [-0.39, 0.29) is 18.2 Å². The number of nitrogens with one attached hydrogen (secondary N) is 1. The number of para-hydroxylation sites is 1. The van der Waals surface area contributed by atoms with Crippen LogP contribution < -0.4 is 10.1 Å². The van der Waals surface area contributed by atoms with E-state index in [9.17, 15) is 20.2 Å². The SMILES string of the molecule is Cc1ccccc1NC(=O)COc1ccc(/C=C(\C#N)c2ccc([N+](=O)[O-])cc2)cc1. The topological polar surface area (TPSA) is 105 Å². The molecule has 0 aliphatic rings. The average molecular weight is 413 g/mol. The van der Waals surface area contributed by atoms with Crippen molar-refractivity contribution in [2.24, 2.45) is 0 Å². The van der Waals surface area contributed by atoms with Gasteiger partial charge in [-0.3, -0.25) is 14.9 Å². The summed E-state index contributed by atoms with van der Waals surface area (Å²) in [5.41, 5.74) is 3.39. The molecule has 0 fully saturated rings. The maximum absolute atomic E-state index is 12.1. The molecule has 0 radical (unpaired) electrons. The van der Waals surface area contributed by atoms with Gasteiger partial charge in [-0.1, -0.05) is 30.3 Å². The van der Waals surface area contributed by atoms with Crippen LogP contribution in [0.2, 0.25) is 0 Å². The van der Waals surface area contributed by atoms with Crippen molar-refractivity contribution in [1.82, 2.24) is 0 Å². The van der Waals surface area contributed by atoms with Crippen molar-refractivity contribution in [3.63, 3.8) is 0 Å². The van der Waals surface area contributed by atoms with E-state index in [1.807, 2.05) is 31.2 Å². The van der Waals surface area contributed by atoms with Crippen LogP contribution in [0.15, 0.2) is 72.8 Å². The first-order chi connectivity index (χ1) is 15.0. The molecular formula is C24H19N3O4. The standard InChI is InChI=1S/C24H19N3O4/c1-17-4-2-3-5-23(17)26-24(28)16-31-22-12-6-18(7-13-22)14-20(15-25)19-8-10-21(11-9-19)27(29)30/h2-14H,16H2,1H3,(H,26,28)/b20-14+. The van der Waals surface area contributed by atoms with Crippen LogP contribution in [0.4, 0.5) is 11.4 Å². The minimum absolute atomic E-state index is 0.0333. The molecule has 31 heavy (non-hydrogen) atoms. The van der Waals surface area contributed by atoms with Crippen LogP contribution in [0.25, 0.3) is 11.6 Å². The number of nitro benzene ring substituents is 1. The number of allylic oxidation sites excluding steroid dienone is 1. The maximum Gasteiger partial charge on any atom is 0.269 e. The van der Waals surface area contributed by atoms with Crippen LogP contribution >= 0.6 is 0 Å². The summed E-state index contributed by atoms with van der Waals surface area (Å²) < 4.78 is 5.52. The predicted octanol–water partition coefficient (Wildman–Crippen LogP) is 4.98. The number of rotatable bonds is 7. The van der Waals surface area contributed by atoms with Crippen molar-refractivity contribution in [2.75, 3.05) is 11.9 Å². The summed E-state index contributed by atoms with van der Waals surface area (Å²) in [6.07, 6.45) is 1.68. The number of aryl methyl sites for hydroxylation is 1. The molecule has 0 bridgehead atoms. The smallest absolute Gasteiger partial charge is 0.269 e. The second-order valence-corrected chi connectivity index (χ2v) is 6.69. The predicted molar refractivity (Wildman–Crippen MR) is 118 cm³/mol. The lowest BCUT2D eigenvalue weighted by Crippen LogP contribution is -2.20. The van der Waals surface area contributed by atoms with E-state index in [2.05, 4.69) is 11.4 Å². The molecule has 0 aliphatic heterocycles. The minimum atomic E-state index is -0.487. The summed E-state index contributed by atoms with van der Waals surface area (Å²) in [7, 11) is 0. The Hall–Kier alpha value is -4.44. The molecule has 1 amide bonds. The number of ether oxygens (including phenoxy) is 1. The average Bonchev–Trinajstić information content (AvgIpc) is 2.78. The highest BCUT2D eigenvalue weighted by molar-refractivity contribution is 5.92. The van der Waals surface area contributed by atoms with Crippen molar-refractivity contribution in [2.45, 2.75) is 6.92 Å². The van der Waals surface area contributed by atoms with Crippen molar-refractivity contribution < 1.29 is 14.5 Å². The molecule has 154 valence electrons. The number of nitrogens with zero attached hydrogens (tertiary/aromatic N) is 2. The van der Waals surface area contributed by atoms with Gasteiger partial charge < -0.3 is 10.1 Å². The molecule has 7 nitrogen and oxygen atoms in total. The van der Waals surface area contributed by atoms with E-state index in [4.69, 9.17) is 4.74 Å². The van der Waals surface area contributed by atoms with Gasteiger partial charge in [0, 0.05) is 17.8 Å². The summed E-state index contributed by atoms with van der Waals surface area (Å²) in [6, 6.07) is 22.3. The fourth-order valence-corrected chi connectivity index (χ4v) is 2.82. The van der Waals surface area contributed by atoms with E-state index in [1.165, 1.54) is 24.3 Å². The Balaban J connectivity index is 1.62. The number of hydrogen-bond acceptors (Lipinski definition) is 5. The van der Waals surface area contributed by atoms with Crippen LogP contribution in [-0.4, -0.2) is 17.4 Å². The molecule has 0 atom stereocenters. The van der Waals surface area contributed by atoms with E-state index >= 15 is 0 Å². The van der Waals surface area contributed by atoms with Gasteiger partial charge in [0.05, 0.1) is 16.6 Å². The van der Waals surface area contributed by atoms with E-state index in [0.717, 1.165) is 16.8 Å². The van der Waals surface area contributed by atoms with Crippen LogP contribution in [0.1, 0.15) is 16.7 Å². The third-order valence-corrected chi connectivity index (χ3v) is 4.49. The number of carbonyl (C=O) groups excluding carboxylic acids is 1. The number of hydrogen-bond donors (Lipinski definition) is 1. The molecular weight excluding hydrogens is 394 g/mol. The molecule has 0 spiro atoms. The number of benzene rings is 3. The maximum atomic E-state index is 12.1. The summed E-state index contributed by atoms with van der Waals surface area (Å²) >= 11 is 0. The van der Waals surface area contributed by atoms with Gasteiger partial charge in [0.15, 0.2) is 6.61 Å². The fourth-order valence-electron chi connectivity index (χ4n) is 2.82. The molecule has 0 saturated carbocycles. The molecule has 3 aromatic carbocycles. The van der Waals surface area contributed by atoms with Gasteiger partial charge in [0.2, 0.25) is 0 Å². The largest absolute Gasteiger partial charge is 0.484 e. The van der Waals surface area contributed by atoms with Crippen LogP contribution in [-0.2, 0) is 4.79 Å². The molecule has 0 aromatic heterocycles. The van der Waals surface area contributed by atoms with E-state index in [1.54, 1.807) is 30.3 Å². The molecule has 3 rings (SSSR count). The summed E-state index contributed by atoms with van der Waals surface area (Å²) in [6.45, 7) is 1.78. The van der Waals surface area contributed by atoms with Gasteiger partial charge in [0.1, 0.15) is 5.75 Å². The number of non-ortho nitro benzene ring substituents is 1. The van der Waals surface area contributed by atoms with Gasteiger partial charge in [-0.2, -0.15) is 5.26 Å². The van der Waals surface area contributed by atoms with E-state index < -0.39 is 4.92 Å². The highest BCUT2D eigenvalue weighted by Gasteiger charge is 2.08. The highest BCUT2D eigenvalue weighted by Crippen LogP contribution is 2.22. The van der Waals surface area contributed by atoms with Crippen LogP contribution in [0, 0.1) is 28.4 Å². The summed E-state index contributed by atoms with van der Waals surface area (Å²) in [4.78, 5) is 22.4. The summed E-state index contributed by atoms with van der Waals surface area (Å²) in [5, 5.41) is 23.0. The number of nitro groups is 1. The Bertz CT molecular complexity index is 1160. The molecule has 0 unspecified atom stereocenters. The Labute approximate surface area is 179 Å². The molecule has 3 aromatic rings. The lowest BCUT2D eigenvalue weighted by atomic mass is 10.0. The van der Waals surface area contributed by atoms with Gasteiger partial charge in [-0.15, -0.1) is 0 Å². The molecule has 1 N–H and O–H groups in total. The number of carbonyl (C=O) groups is 1. The first-order valence-electron chi connectivity index (χ1n) is 9.41. The van der Waals surface area contributed by atoms with Crippen molar-refractivity contribution in [1.29, 1.82) is 5.26 Å². The second-order valence-electron chi connectivity index (χ2n) is 6.69. The van der Waals surface area contributed by atoms with Crippen LogP contribution in [0.5, 0.6) is 5.75 Å². The van der Waals surface area contributed by atoms with Gasteiger partial charge in [-0.25, -0.2) is 0 Å². The minimum Gasteiger partial charge on any atom is -0.484 e. The van der Waals surface area contributed by atoms with Gasteiger partial charge >= 0.3 is 0 Å². The molecule has 0 aliphatic carbocycles. The third-order valence-electron chi connectivity index (χ3n) is 4.49. The quantitative estimate of drug-likeness (QED) is 0.254. The first kappa shape index (κ1) is 21.3. The zero-order chi connectivity index (χ0) is 22.2. The van der Waals surface area contributed by atoms with Crippen molar-refractivity contribution in [3.8, 4) is 11.8 Å². The lowest BCUT2D eigenvalue weighted by Gasteiger charge is -2.09. The Morgan fingerprint density at radius 2 is 1.77 bits per heavy atom. The highest BCUT2D eigenvalue weighted by atomic mass is 16.6. The Kier molecular flexibility index (Phi) is 6.76. The first-order valence-corrected chi connectivity index (χ1v) is 9.41. The normalized spacial score (nSPS) is 10.8. The van der Waals surface area contributed by atoms with Gasteiger partial charge in [0.25, 0.3) is 11.6 Å². The monoisotopic (exact) mass is 413 g/mol. The van der Waals surface area contributed by atoms with Crippen LogP contribution in [0.3, 0.4) is 0 Å². The van der Waals surface area contributed by atoms with Crippen molar-refractivity contribution >= 4 is 28.9 Å². The van der Waals surface area contributed by atoms with E-state index in [0.29, 0.717) is 16.9 Å². The number of nitriles is 1. The zero-order valence-electron chi connectivity index (χ0n) is 16.7. The Morgan fingerprint density at radius 3 is 2.39 bits per heavy atom. The third kappa shape index (κ3) is 5.78. The molecule has 7 heteroatoms. The lowest BCUT2D eigenvalue weighted by molar-refractivity contribution is -0.384. The molecule has 0 saturated heterocycles. The zero-order valence-corrected chi connectivity index (χ0v) is 16.7. The fraction of sp³-hybridized carbons (Fsp3) is 0.0833. The Morgan fingerprint density at radius 1 is 1.10 bits per heavy atom. The molecule has 0 heterocycles. The number of amides is 1. The van der Waals surface area contributed by atoms with Gasteiger partial charge in [-0.05, 0) is 60.0 Å². The summed E-state index contributed by atoms with van der Waals surface area (Å²) in [5.74, 6) is 0.258. The van der Waals surface area contributed by atoms with Crippen molar-refractivity contribution in [3.05, 3.63) is 99.6 Å². The second kappa shape index (κ2) is 9.85.